The predicted octanol–water partition coefficient (Wildman–Crippen LogP) is 2.01. The molecule has 1 aromatic rings. The van der Waals surface area contributed by atoms with E-state index < -0.39 is 18.1 Å². The summed E-state index contributed by atoms with van der Waals surface area (Å²) < 4.78 is 50.1. The van der Waals surface area contributed by atoms with Gasteiger partial charge in [0.05, 0.1) is 26.3 Å². The van der Waals surface area contributed by atoms with Gasteiger partial charge in [-0.3, -0.25) is 9.78 Å². The number of nitrogens with zero attached hydrogens (tertiary/aromatic N) is 1. The average Bonchev–Trinajstić information content (AvgIpc) is 2.31. The number of ether oxygens (including phenoxy) is 3. The van der Waals surface area contributed by atoms with Gasteiger partial charge in [0, 0.05) is 11.8 Å². The quantitative estimate of drug-likeness (QED) is 0.789. The molecule has 0 fully saturated rings. The third-order valence-corrected chi connectivity index (χ3v) is 2.20. The molecule has 0 bridgehead atoms. The van der Waals surface area contributed by atoms with Gasteiger partial charge in [0.2, 0.25) is 0 Å². The molecular weight excluding hydrogens is 267 g/mol. The number of alkyl halides is 3. The number of aryl methyl sites for hydroxylation is 1. The summed E-state index contributed by atoms with van der Waals surface area (Å²) in [6.45, 7) is 1.39. The molecule has 1 rings (SSSR count). The van der Waals surface area contributed by atoms with Gasteiger partial charge in [-0.2, -0.15) is 0 Å². The van der Waals surface area contributed by atoms with Crippen LogP contribution in [0.15, 0.2) is 6.20 Å². The summed E-state index contributed by atoms with van der Waals surface area (Å²) >= 11 is 0. The smallest absolute Gasteiger partial charge is 0.491 e. The van der Waals surface area contributed by atoms with Crippen molar-refractivity contribution in [3.8, 4) is 11.5 Å². The van der Waals surface area contributed by atoms with Crippen LogP contribution in [0.25, 0.3) is 0 Å². The third kappa shape index (κ3) is 4.01. The lowest BCUT2D eigenvalue weighted by atomic mass is 10.2. The van der Waals surface area contributed by atoms with Crippen LogP contribution >= 0.6 is 0 Å². The molecule has 0 unspecified atom stereocenters. The number of rotatable bonds is 4. The van der Waals surface area contributed by atoms with E-state index in [4.69, 9.17) is 4.74 Å². The fourth-order valence-corrected chi connectivity index (χ4v) is 1.39. The first-order chi connectivity index (χ1) is 8.78. The molecule has 0 aliphatic carbocycles. The Hall–Kier alpha value is -1.99. The molecule has 0 atom stereocenters. The van der Waals surface area contributed by atoms with Gasteiger partial charge >= 0.3 is 12.3 Å². The van der Waals surface area contributed by atoms with Gasteiger partial charge in [-0.25, -0.2) is 0 Å². The SMILES string of the molecule is COC(=O)Cc1ncc(C)c(OC(F)(F)F)c1OC. The molecule has 0 aliphatic rings. The highest BCUT2D eigenvalue weighted by molar-refractivity contribution is 5.73. The van der Waals surface area contributed by atoms with Crippen molar-refractivity contribution < 1.29 is 32.2 Å². The van der Waals surface area contributed by atoms with E-state index in [2.05, 4.69) is 14.5 Å². The highest BCUT2D eigenvalue weighted by Crippen LogP contribution is 2.37. The first-order valence-corrected chi connectivity index (χ1v) is 5.13. The lowest BCUT2D eigenvalue weighted by Gasteiger charge is -2.16. The van der Waals surface area contributed by atoms with Crippen LogP contribution in [-0.2, 0) is 16.0 Å². The van der Waals surface area contributed by atoms with Gasteiger partial charge in [-0.1, -0.05) is 0 Å². The Labute approximate surface area is 107 Å². The topological polar surface area (TPSA) is 57.7 Å². The van der Waals surface area contributed by atoms with Crippen molar-refractivity contribution >= 4 is 5.97 Å². The third-order valence-electron chi connectivity index (χ3n) is 2.20. The molecule has 0 N–H and O–H groups in total. The van der Waals surface area contributed by atoms with Crippen molar-refractivity contribution in [2.24, 2.45) is 0 Å². The van der Waals surface area contributed by atoms with Crippen LogP contribution in [0.5, 0.6) is 11.5 Å². The second-order valence-electron chi connectivity index (χ2n) is 3.55. The number of pyridine rings is 1. The van der Waals surface area contributed by atoms with Crippen LogP contribution in [0, 0.1) is 6.92 Å². The number of esters is 1. The number of carbonyl (C=O) groups excluding carboxylic acids is 1. The van der Waals surface area contributed by atoms with Gasteiger partial charge in [0.1, 0.15) is 0 Å². The Kier molecular flexibility index (Phi) is 4.57. The van der Waals surface area contributed by atoms with Crippen LogP contribution in [0.1, 0.15) is 11.3 Å². The average molecular weight is 279 g/mol. The van der Waals surface area contributed by atoms with Crippen LogP contribution in [0.3, 0.4) is 0 Å². The second-order valence-corrected chi connectivity index (χ2v) is 3.55. The number of hydrogen-bond donors (Lipinski definition) is 0. The number of carbonyl (C=O) groups is 1. The first-order valence-electron chi connectivity index (χ1n) is 5.13. The zero-order valence-electron chi connectivity index (χ0n) is 10.5. The number of aromatic nitrogens is 1. The molecule has 0 aromatic carbocycles. The van der Waals surface area contributed by atoms with E-state index >= 15 is 0 Å². The van der Waals surface area contributed by atoms with E-state index in [-0.39, 0.29) is 23.4 Å². The Morgan fingerprint density at radius 3 is 2.42 bits per heavy atom. The molecule has 1 aromatic heterocycles. The summed E-state index contributed by atoms with van der Waals surface area (Å²) in [6, 6.07) is 0. The fraction of sp³-hybridized carbons (Fsp3) is 0.455. The second kappa shape index (κ2) is 5.77. The summed E-state index contributed by atoms with van der Waals surface area (Å²) in [5, 5.41) is 0. The molecule has 0 amide bonds. The molecule has 1 heterocycles. The van der Waals surface area contributed by atoms with Crippen LogP contribution in [0.2, 0.25) is 0 Å². The van der Waals surface area contributed by atoms with Crippen molar-refractivity contribution in [1.82, 2.24) is 4.98 Å². The summed E-state index contributed by atoms with van der Waals surface area (Å²) in [5.41, 5.74) is 0.155. The van der Waals surface area contributed by atoms with E-state index in [0.717, 1.165) is 7.11 Å². The highest BCUT2D eigenvalue weighted by Gasteiger charge is 2.34. The Morgan fingerprint density at radius 1 is 1.32 bits per heavy atom. The van der Waals surface area contributed by atoms with Gasteiger partial charge < -0.3 is 14.2 Å². The van der Waals surface area contributed by atoms with Crippen LogP contribution in [-0.4, -0.2) is 31.5 Å². The minimum Gasteiger partial charge on any atom is -0.491 e. The predicted molar refractivity (Wildman–Crippen MR) is 57.9 cm³/mol. The van der Waals surface area contributed by atoms with Crippen molar-refractivity contribution in [3.05, 3.63) is 17.5 Å². The molecule has 5 nitrogen and oxygen atoms in total. The zero-order valence-corrected chi connectivity index (χ0v) is 10.5. The van der Waals surface area contributed by atoms with Crippen molar-refractivity contribution in [3.63, 3.8) is 0 Å². The maximum atomic E-state index is 12.3. The molecule has 0 aliphatic heterocycles. The largest absolute Gasteiger partial charge is 0.573 e. The molecular formula is C11H12F3NO4. The molecule has 8 heteroatoms. The molecule has 0 saturated carbocycles. The van der Waals surface area contributed by atoms with Crippen LogP contribution < -0.4 is 9.47 Å². The standard InChI is InChI=1S/C11H12F3NO4/c1-6-5-15-7(4-8(16)17-2)10(18-3)9(6)19-11(12,13)14/h5H,4H2,1-3H3. The summed E-state index contributed by atoms with van der Waals surface area (Å²) in [6.07, 6.45) is -4.00. The lowest BCUT2D eigenvalue weighted by molar-refractivity contribution is -0.275. The van der Waals surface area contributed by atoms with Crippen LogP contribution in [0.4, 0.5) is 13.2 Å². The van der Waals surface area contributed by atoms with E-state index in [0.29, 0.717) is 0 Å². The molecule has 0 saturated heterocycles. The van der Waals surface area contributed by atoms with Gasteiger partial charge in [0.25, 0.3) is 0 Å². The monoisotopic (exact) mass is 279 g/mol. The van der Waals surface area contributed by atoms with E-state index in [1.165, 1.54) is 20.2 Å². The van der Waals surface area contributed by atoms with E-state index in [1.54, 1.807) is 0 Å². The summed E-state index contributed by atoms with van der Waals surface area (Å²) in [7, 11) is 2.33. The van der Waals surface area contributed by atoms with Gasteiger partial charge in [-0.05, 0) is 6.92 Å². The van der Waals surface area contributed by atoms with E-state index in [9.17, 15) is 18.0 Å². The molecule has 106 valence electrons. The molecule has 0 spiro atoms. The Balaban J connectivity index is 3.21. The minimum atomic E-state index is -4.86. The van der Waals surface area contributed by atoms with Gasteiger partial charge in [0.15, 0.2) is 11.5 Å². The number of methoxy groups -OCH3 is 2. The maximum Gasteiger partial charge on any atom is 0.573 e. The number of halogens is 3. The van der Waals surface area contributed by atoms with Crippen molar-refractivity contribution in [1.29, 1.82) is 0 Å². The molecule has 0 radical (unpaired) electrons. The van der Waals surface area contributed by atoms with Crippen molar-refractivity contribution in [2.75, 3.05) is 14.2 Å². The van der Waals surface area contributed by atoms with E-state index in [1.807, 2.05) is 0 Å². The Morgan fingerprint density at radius 2 is 1.95 bits per heavy atom. The highest BCUT2D eigenvalue weighted by atomic mass is 19.4. The fourth-order valence-electron chi connectivity index (χ4n) is 1.39. The van der Waals surface area contributed by atoms with Crippen molar-refractivity contribution in [2.45, 2.75) is 19.7 Å². The normalized spacial score (nSPS) is 11.1. The maximum absolute atomic E-state index is 12.3. The lowest BCUT2D eigenvalue weighted by Crippen LogP contribution is -2.19. The Bertz CT molecular complexity index is 474. The minimum absolute atomic E-state index is 0.0131. The number of hydrogen-bond acceptors (Lipinski definition) is 5. The zero-order chi connectivity index (χ0) is 14.6. The first kappa shape index (κ1) is 15.1. The van der Waals surface area contributed by atoms with Gasteiger partial charge in [-0.15, -0.1) is 13.2 Å². The summed E-state index contributed by atoms with van der Waals surface area (Å²) in [4.78, 5) is 15.0. The molecule has 19 heavy (non-hydrogen) atoms. The summed E-state index contributed by atoms with van der Waals surface area (Å²) in [5.74, 6) is -1.39.